The molecule has 0 spiro atoms. The molecule has 3 N–H and O–H groups in total. The molecule has 2 rings (SSSR count). The van der Waals surface area contributed by atoms with Gasteiger partial charge in [0.05, 0.1) is 8.98 Å². The fourth-order valence-corrected chi connectivity index (χ4v) is 1.80. The number of nitrogens with one attached hydrogen (secondary N) is 1. The van der Waals surface area contributed by atoms with E-state index in [1.165, 1.54) is 0 Å². The van der Waals surface area contributed by atoms with E-state index in [1.54, 1.807) is 12.3 Å². The van der Waals surface area contributed by atoms with Gasteiger partial charge in [0.25, 0.3) is 0 Å². The van der Waals surface area contributed by atoms with Gasteiger partial charge in [0.15, 0.2) is 17.1 Å². The maximum atomic E-state index is 5.54. The van der Waals surface area contributed by atoms with E-state index in [0.717, 1.165) is 4.47 Å². The third-order valence-corrected chi connectivity index (χ3v) is 2.70. The summed E-state index contributed by atoms with van der Waals surface area (Å²) in [6.45, 7) is 1.17. The first-order valence-corrected chi connectivity index (χ1v) is 5.57. The molecule has 0 aliphatic heterocycles. The van der Waals surface area contributed by atoms with Crippen LogP contribution >= 0.6 is 28.1 Å². The average molecular weight is 289 g/mol. The zero-order valence-corrected chi connectivity index (χ0v) is 10.2. The van der Waals surface area contributed by atoms with E-state index in [1.807, 2.05) is 0 Å². The maximum absolute atomic E-state index is 5.54. The molecule has 0 amide bonds. The Kier molecular flexibility index (Phi) is 3.08. The molecule has 0 atom stereocenters. The molecule has 2 heterocycles. The first-order valence-electron chi connectivity index (χ1n) is 4.37. The van der Waals surface area contributed by atoms with Crippen LogP contribution in [0.15, 0.2) is 25.6 Å². The number of anilines is 1. The van der Waals surface area contributed by atoms with Gasteiger partial charge >= 0.3 is 0 Å². The highest BCUT2D eigenvalue weighted by atomic mass is 79.9. The lowest BCUT2D eigenvalue weighted by atomic mass is 10.4. The molecular formula is C9H9BrN2O2S. The molecule has 0 radical (unpaired) electrons. The summed E-state index contributed by atoms with van der Waals surface area (Å²) in [7, 11) is 0. The molecule has 6 heteroatoms. The molecule has 0 bridgehead atoms. The van der Waals surface area contributed by atoms with E-state index in [2.05, 4.69) is 21.2 Å². The molecule has 0 aliphatic carbocycles. The maximum Gasteiger partial charge on any atom is 0.195 e. The normalized spacial score (nSPS) is 10.8. The molecule has 2 aromatic heterocycles. The number of rotatable bonds is 3. The van der Waals surface area contributed by atoms with E-state index in [0.29, 0.717) is 34.6 Å². The summed E-state index contributed by atoms with van der Waals surface area (Å²) in [6.07, 6.45) is 1.55. The highest BCUT2D eigenvalue weighted by molar-refractivity contribution is 9.10. The fourth-order valence-electron chi connectivity index (χ4n) is 1.20. The van der Waals surface area contributed by atoms with Gasteiger partial charge in [-0.2, -0.15) is 0 Å². The van der Waals surface area contributed by atoms with Crippen molar-refractivity contribution in [1.82, 2.24) is 0 Å². The Bertz CT molecular complexity index is 534. The van der Waals surface area contributed by atoms with E-state index in [4.69, 9.17) is 26.8 Å². The second-order valence-corrected chi connectivity index (χ2v) is 4.23. The van der Waals surface area contributed by atoms with Crippen molar-refractivity contribution >= 4 is 45.2 Å². The Morgan fingerprint density at radius 1 is 1.47 bits per heavy atom. The first-order chi connectivity index (χ1) is 7.22. The lowest BCUT2D eigenvalue weighted by molar-refractivity contribution is 0.587. The first kappa shape index (κ1) is 10.7. The highest BCUT2D eigenvalue weighted by Crippen LogP contribution is 2.29. The standard InChI is InChI=1S/C9H9BrN2O2S/c10-5-4-13-9-6(15)3-7(12-2-1-11)14-8(5)9/h3-4,12H,1-2,11H2. The van der Waals surface area contributed by atoms with Crippen LogP contribution in [0.25, 0.3) is 11.2 Å². The van der Waals surface area contributed by atoms with Gasteiger partial charge in [-0.1, -0.05) is 12.2 Å². The quantitative estimate of drug-likeness (QED) is 0.851. The lowest BCUT2D eigenvalue weighted by Gasteiger charge is -2.02. The van der Waals surface area contributed by atoms with Crippen molar-refractivity contribution in [3.05, 3.63) is 21.3 Å². The summed E-state index contributed by atoms with van der Waals surface area (Å²) in [5, 5.41) is 3.02. The summed E-state index contributed by atoms with van der Waals surface area (Å²) < 4.78 is 12.1. The molecule has 0 unspecified atom stereocenters. The number of hydrogen-bond donors (Lipinski definition) is 2. The number of hydrogen-bond acceptors (Lipinski definition) is 5. The van der Waals surface area contributed by atoms with Crippen LogP contribution < -0.4 is 11.1 Å². The van der Waals surface area contributed by atoms with Gasteiger partial charge in [0, 0.05) is 19.2 Å². The van der Waals surface area contributed by atoms with Crippen LogP contribution in [0.4, 0.5) is 5.88 Å². The van der Waals surface area contributed by atoms with Crippen LogP contribution in [0.3, 0.4) is 0 Å². The van der Waals surface area contributed by atoms with Crippen molar-refractivity contribution in [2.24, 2.45) is 5.73 Å². The van der Waals surface area contributed by atoms with E-state index in [9.17, 15) is 0 Å². The molecule has 4 nitrogen and oxygen atoms in total. The van der Waals surface area contributed by atoms with Crippen molar-refractivity contribution in [3.8, 4) is 0 Å². The summed E-state index contributed by atoms with van der Waals surface area (Å²) in [6, 6.07) is 1.71. The Labute approximate surface area is 99.6 Å². The largest absolute Gasteiger partial charge is 0.458 e. The molecule has 0 saturated heterocycles. The van der Waals surface area contributed by atoms with Crippen LogP contribution in [0, 0.1) is 4.51 Å². The van der Waals surface area contributed by atoms with E-state index >= 15 is 0 Å². The monoisotopic (exact) mass is 288 g/mol. The third-order valence-electron chi connectivity index (χ3n) is 1.84. The minimum atomic E-state index is 0.535. The number of halogens is 1. The topological polar surface area (TPSA) is 64.3 Å². The Balaban J connectivity index is 2.50. The summed E-state index contributed by atoms with van der Waals surface area (Å²) >= 11 is 8.48. The Morgan fingerprint density at radius 3 is 3.00 bits per heavy atom. The van der Waals surface area contributed by atoms with Crippen LogP contribution in [0.2, 0.25) is 0 Å². The number of nitrogens with two attached hydrogens (primary N) is 1. The smallest absolute Gasteiger partial charge is 0.195 e. The Morgan fingerprint density at radius 2 is 2.27 bits per heavy atom. The second kappa shape index (κ2) is 4.34. The van der Waals surface area contributed by atoms with Crippen molar-refractivity contribution < 1.29 is 8.83 Å². The molecule has 0 fully saturated rings. The van der Waals surface area contributed by atoms with Crippen molar-refractivity contribution in [2.45, 2.75) is 0 Å². The summed E-state index contributed by atoms with van der Waals surface area (Å²) in [5.41, 5.74) is 6.57. The van der Waals surface area contributed by atoms with E-state index in [-0.39, 0.29) is 0 Å². The lowest BCUT2D eigenvalue weighted by Crippen LogP contribution is -2.12. The van der Waals surface area contributed by atoms with Gasteiger partial charge < -0.3 is 19.9 Å². The predicted octanol–water partition coefficient (Wildman–Crippen LogP) is 2.89. The third kappa shape index (κ3) is 2.06. The number of fused-ring (bicyclic) bond motifs is 1. The number of furan rings is 1. The molecule has 0 aliphatic rings. The molecule has 2 aromatic rings. The Hall–Kier alpha value is -0.850. The van der Waals surface area contributed by atoms with Gasteiger partial charge in [0.1, 0.15) is 6.26 Å². The summed E-state index contributed by atoms with van der Waals surface area (Å²) in [4.78, 5) is 0. The van der Waals surface area contributed by atoms with Crippen LogP contribution in [0.5, 0.6) is 0 Å². The minimum Gasteiger partial charge on any atom is -0.458 e. The molecule has 0 aromatic carbocycles. The van der Waals surface area contributed by atoms with Gasteiger partial charge in [-0.25, -0.2) is 0 Å². The van der Waals surface area contributed by atoms with Crippen molar-refractivity contribution in [1.29, 1.82) is 0 Å². The van der Waals surface area contributed by atoms with Gasteiger partial charge in [-0.05, 0) is 15.9 Å². The van der Waals surface area contributed by atoms with Crippen molar-refractivity contribution in [3.63, 3.8) is 0 Å². The fraction of sp³-hybridized carbons (Fsp3) is 0.222. The van der Waals surface area contributed by atoms with Crippen LogP contribution in [-0.2, 0) is 0 Å². The van der Waals surface area contributed by atoms with Gasteiger partial charge in [-0.15, -0.1) is 0 Å². The SMILES string of the molecule is NCCNc1cc(=S)c2occ(Br)c2o1. The van der Waals surface area contributed by atoms with E-state index < -0.39 is 0 Å². The zero-order chi connectivity index (χ0) is 10.8. The predicted molar refractivity (Wildman–Crippen MR) is 64.6 cm³/mol. The second-order valence-electron chi connectivity index (χ2n) is 2.93. The highest BCUT2D eigenvalue weighted by Gasteiger charge is 2.09. The zero-order valence-electron chi connectivity index (χ0n) is 7.75. The molecule has 0 saturated carbocycles. The summed E-state index contributed by atoms with van der Waals surface area (Å²) in [5.74, 6) is 0.597. The van der Waals surface area contributed by atoms with Crippen molar-refractivity contribution in [2.75, 3.05) is 18.4 Å². The van der Waals surface area contributed by atoms with Crippen LogP contribution in [0.1, 0.15) is 0 Å². The molecular weight excluding hydrogens is 280 g/mol. The average Bonchev–Trinajstić information content (AvgIpc) is 2.58. The van der Waals surface area contributed by atoms with Crippen LogP contribution in [-0.4, -0.2) is 13.1 Å². The van der Waals surface area contributed by atoms with Gasteiger partial charge in [0.2, 0.25) is 0 Å². The van der Waals surface area contributed by atoms with Gasteiger partial charge in [-0.3, -0.25) is 0 Å². The molecule has 15 heavy (non-hydrogen) atoms. The molecule has 80 valence electrons. The minimum absolute atomic E-state index is 0.535.